The zero-order valence-electron chi connectivity index (χ0n) is 18.4. The van der Waals surface area contributed by atoms with Crippen molar-refractivity contribution in [3.8, 4) is 17.2 Å². The molecule has 0 spiro atoms. The maximum atomic E-state index is 13.1. The number of nitrogens with one attached hydrogen (secondary N) is 1. The Morgan fingerprint density at radius 2 is 1.91 bits per heavy atom. The van der Waals surface area contributed by atoms with E-state index in [1.807, 2.05) is 68.4 Å². The summed E-state index contributed by atoms with van der Waals surface area (Å²) in [4.78, 5) is 13.1. The van der Waals surface area contributed by atoms with Gasteiger partial charge in [-0.05, 0) is 50.2 Å². The van der Waals surface area contributed by atoms with Gasteiger partial charge in [0.25, 0.3) is 5.91 Å². The smallest absolute Gasteiger partial charge is 0.251 e. The molecule has 0 saturated heterocycles. The average Bonchev–Trinajstić information content (AvgIpc) is 2.77. The van der Waals surface area contributed by atoms with Gasteiger partial charge in [-0.1, -0.05) is 35.9 Å². The Kier molecular flexibility index (Phi) is 6.28. The third-order valence-electron chi connectivity index (χ3n) is 5.43. The van der Waals surface area contributed by atoms with Crippen LogP contribution in [0.25, 0.3) is 0 Å². The lowest BCUT2D eigenvalue weighted by Gasteiger charge is -2.38. The largest absolute Gasteiger partial charge is 0.497 e. The first-order valence-corrected chi connectivity index (χ1v) is 10.9. The fourth-order valence-corrected chi connectivity index (χ4v) is 4.02. The Balaban J connectivity index is 1.49. The van der Waals surface area contributed by atoms with Crippen molar-refractivity contribution in [1.29, 1.82) is 0 Å². The number of carbonyl (C=O) groups is 1. The van der Waals surface area contributed by atoms with E-state index in [1.54, 1.807) is 19.2 Å². The fraction of sp³-hybridized carbons (Fsp3) is 0.269. The molecule has 1 atom stereocenters. The summed E-state index contributed by atoms with van der Waals surface area (Å²) in [6.07, 6.45) is 0.654. The average molecular weight is 452 g/mol. The van der Waals surface area contributed by atoms with Crippen molar-refractivity contribution >= 4 is 17.5 Å². The molecule has 0 radical (unpaired) electrons. The van der Waals surface area contributed by atoms with Crippen LogP contribution in [0.2, 0.25) is 5.02 Å². The van der Waals surface area contributed by atoms with Crippen molar-refractivity contribution in [3.05, 3.63) is 88.4 Å². The van der Waals surface area contributed by atoms with E-state index in [2.05, 4.69) is 5.32 Å². The zero-order chi connectivity index (χ0) is 22.7. The molecule has 1 amide bonds. The Bertz CT molecular complexity index is 1130. The van der Waals surface area contributed by atoms with Crippen LogP contribution < -0.4 is 19.5 Å². The minimum Gasteiger partial charge on any atom is -0.497 e. The molecule has 4 rings (SSSR count). The normalized spacial score (nSPS) is 16.4. The monoisotopic (exact) mass is 451 g/mol. The predicted molar refractivity (Wildman–Crippen MR) is 125 cm³/mol. The molecule has 0 aliphatic carbocycles. The summed E-state index contributed by atoms with van der Waals surface area (Å²) in [5.74, 6) is 1.88. The van der Waals surface area contributed by atoms with E-state index < -0.39 is 5.60 Å². The van der Waals surface area contributed by atoms with E-state index >= 15 is 0 Å². The topological polar surface area (TPSA) is 56.8 Å². The quantitative estimate of drug-likeness (QED) is 0.502. The molecule has 0 saturated carbocycles. The van der Waals surface area contributed by atoms with Crippen molar-refractivity contribution in [2.75, 3.05) is 7.11 Å². The van der Waals surface area contributed by atoms with Gasteiger partial charge < -0.3 is 19.5 Å². The number of hydrogen-bond acceptors (Lipinski definition) is 4. The number of methoxy groups -OCH3 is 1. The molecule has 166 valence electrons. The van der Waals surface area contributed by atoms with Crippen LogP contribution in [0.15, 0.2) is 66.7 Å². The first kappa shape index (κ1) is 22.0. The first-order valence-electron chi connectivity index (χ1n) is 10.5. The highest BCUT2D eigenvalue weighted by molar-refractivity contribution is 6.31. The number of fused-ring (bicyclic) bond motifs is 1. The van der Waals surface area contributed by atoms with Crippen LogP contribution >= 0.6 is 11.6 Å². The lowest BCUT2D eigenvalue weighted by atomic mass is 9.89. The third-order valence-corrected chi connectivity index (χ3v) is 5.80. The van der Waals surface area contributed by atoms with E-state index in [4.69, 9.17) is 25.8 Å². The van der Waals surface area contributed by atoms with Crippen LogP contribution in [0.4, 0.5) is 0 Å². The molecule has 5 nitrogen and oxygen atoms in total. The molecule has 1 N–H and O–H groups in total. The van der Waals surface area contributed by atoms with E-state index in [0.717, 1.165) is 22.6 Å². The summed E-state index contributed by atoms with van der Waals surface area (Å²) >= 11 is 6.20. The van der Waals surface area contributed by atoms with Crippen LogP contribution in [-0.2, 0) is 6.61 Å². The SMILES string of the molecule is COc1ccc2c(c1)OC(C)(C)C[C@@H]2NC(=O)c1cccc(OCc2ccccc2Cl)c1. The Hall–Kier alpha value is -3.18. The second-order valence-corrected chi connectivity index (χ2v) is 8.81. The van der Waals surface area contributed by atoms with Crippen LogP contribution in [0.5, 0.6) is 17.2 Å². The highest BCUT2D eigenvalue weighted by atomic mass is 35.5. The first-order chi connectivity index (χ1) is 15.3. The molecule has 0 aromatic heterocycles. The highest BCUT2D eigenvalue weighted by Crippen LogP contribution is 2.41. The van der Waals surface area contributed by atoms with E-state index in [1.165, 1.54) is 0 Å². The molecule has 3 aromatic rings. The van der Waals surface area contributed by atoms with Crippen molar-refractivity contribution in [1.82, 2.24) is 5.32 Å². The van der Waals surface area contributed by atoms with Crippen molar-refractivity contribution in [2.45, 2.75) is 38.5 Å². The van der Waals surface area contributed by atoms with Crippen LogP contribution in [-0.4, -0.2) is 18.6 Å². The van der Waals surface area contributed by atoms with Crippen molar-refractivity contribution in [2.24, 2.45) is 0 Å². The number of halogens is 1. The lowest BCUT2D eigenvalue weighted by molar-refractivity contribution is 0.0617. The third kappa shape index (κ3) is 5.00. The minimum absolute atomic E-state index is 0.169. The van der Waals surface area contributed by atoms with Gasteiger partial charge in [0.15, 0.2) is 0 Å². The number of ether oxygens (including phenoxy) is 3. The van der Waals surface area contributed by atoms with Crippen molar-refractivity contribution in [3.63, 3.8) is 0 Å². The molecule has 0 unspecified atom stereocenters. The molecule has 0 fully saturated rings. The van der Waals surface area contributed by atoms with Gasteiger partial charge in [0, 0.05) is 34.2 Å². The maximum Gasteiger partial charge on any atom is 0.251 e. The van der Waals surface area contributed by atoms with Crippen LogP contribution in [0.1, 0.15) is 47.8 Å². The van der Waals surface area contributed by atoms with Gasteiger partial charge in [-0.25, -0.2) is 0 Å². The molecule has 6 heteroatoms. The van der Waals surface area contributed by atoms with E-state index in [9.17, 15) is 4.79 Å². The summed E-state index contributed by atoms with van der Waals surface area (Å²) in [7, 11) is 1.62. The van der Waals surface area contributed by atoms with E-state index in [-0.39, 0.29) is 11.9 Å². The standard InChI is InChI=1S/C26H26ClNO4/c1-26(2)15-23(21-12-11-19(30-3)14-24(21)32-26)28-25(29)17-8-6-9-20(13-17)31-16-18-7-4-5-10-22(18)27/h4-14,23H,15-16H2,1-3H3,(H,28,29)/t23-/m0/s1. The fourth-order valence-electron chi connectivity index (χ4n) is 3.83. The van der Waals surface area contributed by atoms with Gasteiger partial charge in [0.2, 0.25) is 0 Å². The van der Waals surface area contributed by atoms with Gasteiger partial charge in [-0.2, -0.15) is 0 Å². The molecule has 1 aliphatic heterocycles. The summed E-state index contributed by atoms with van der Waals surface area (Å²) in [5.41, 5.74) is 1.93. The van der Waals surface area contributed by atoms with Gasteiger partial charge in [-0.15, -0.1) is 0 Å². The van der Waals surface area contributed by atoms with Crippen LogP contribution in [0.3, 0.4) is 0 Å². The van der Waals surface area contributed by atoms with E-state index in [0.29, 0.717) is 29.4 Å². The second kappa shape index (κ2) is 9.13. The Morgan fingerprint density at radius 1 is 1.09 bits per heavy atom. The second-order valence-electron chi connectivity index (χ2n) is 8.40. The summed E-state index contributed by atoms with van der Waals surface area (Å²) in [5, 5.41) is 3.81. The summed E-state index contributed by atoms with van der Waals surface area (Å²) in [6, 6.07) is 20.2. The molecule has 1 heterocycles. The van der Waals surface area contributed by atoms with Gasteiger partial charge >= 0.3 is 0 Å². The maximum absolute atomic E-state index is 13.1. The molecular formula is C26H26ClNO4. The predicted octanol–water partition coefficient (Wildman–Crippen LogP) is 5.96. The molecule has 3 aromatic carbocycles. The van der Waals surface area contributed by atoms with Gasteiger partial charge in [-0.3, -0.25) is 4.79 Å². The molecular weight excluding hydrogens is 426 g/mol. The Morgan fingerprint density at radius 3 is 2.69 bits per heavy atom. The lowest BCUT2D eigenvalue weighted by Crippen LogP contribution is -2.41. The molecule has 0 bridgehead atoms. The summed E-state index contributed by atoms with van der Waals surface area (Å²) in [6.45, 7) is 4.35. The number of amides is 1. The number of rotatable bonds is 6. The zero-order valence-corrected chi connectivity index (χ0v) is 19.1. The van der Waals surface area contributed by atoms with Gasteiger partial charge in [0.05, 0.1) is 13.2 Å². The number of carbonyl (C=O) groups excluding carboxylic acids is 1. The van der Waals surface area contributed by atoms with Gasteiger partial charge in [0.1, 0.15) is 29.5 Å². The van der Waals surface area contributed by atoms with Crippen molar-refractivity contribution < 1.29 is 19.0 Å². The minimum atomic E-state index is -0.419. The summed E-state index contributed by atoms with van der Waals surface area (Å²) < 4.78 is 17.3. The van der Waals surface area contributed by atoms with Crippen LogP contribution in [0, 0.1) is 0 Å². The Labute approximate surface area is 193 Å². The molecule has 32 heavy (non-hydrogen) atoms. The number of hydrogen-bond donors (Lipinski definition) is 1. The highest BCUT2D eigenvalue weighted by Gasteiger charge is 2.35. The molecule has 1 aliphatic rings. The number of benzene rings is 3.